The van der Waals surface area contributed by atoms with Crippen molar-refractivity contribution >= 4 is 17.5 Å². The Morgan fingerprint density at radius 1 is 1.19 bits per heavy atom. The molecule has 21 heavy (non-hydrogen) atoms. The third-order valence-corrected chi connectivity index (χ3v) is 4.15. The summed E-state index contributed by atoms with van der Waals surface area (Å²) in [5, 5.41) is 2.68. The van der Waals surface area contributed by atoms with Crippen LogP contribution >= 0.6 is 0 Å². The zero-order chi connectivity index (χ0) is 15.3. The molecule has 2 amide bonds. The smallest absolute Gasteiger partial charge is 0.250 e. The third kappa shape index (κ3) is 2.28. The van der Waals surface area contributed by atoms with E-state index in [1.165, 1.54) is 13.8 Å². The molecule has 2 unspecified atom stereocenters. The van der Waals surface area contributed by atoms with Gasteiger partial charge in [-0.1, -0.05) is 0 Å². The maximum Gasteiger partial charge on any atom is 0.250 e. The fourth-order valence-corrected chi connectivity index (χ4v) is 2.69. The lowest BCUT2D eigenvalue weighted by Crippen LogP contribution is -2.63. The van der Waals surface area contributed by atoms with E-state index in [-0.39, 0.29) is 29.0 Å². The summed E-state index contributed by atoms with van der Waals surface area (Å²) in [6, 6.07) is 0.548. The molecule has 0 aromatic heterocycles. The van der Waals surface area contributed by atoms with Crippen LogP contribution in [0.25, 0.3) is 0 Å². The molecule has 6 heteroatoms. The quantitative estimate of drug-likeness (QED) is 0.905. The number of hydrogen-bond donors (Lipinski definition) is 1. The van der Waals surface area contributed by atoms with Crippen LogP contribution in [-0.4, -0.2) is 23.9 Å². The average molecular weight is 294 g/mol. The highest BCUT2D eigenvalue weighted by molar-refractivity contribution is 6.08. The van der Waals surface area contributed by atoms with E-state index in [1.807, 2.05) is 0 Å². The van der Waals surface area contributed by atoms with Gasteiger partial charge in [-0.3, -0.25) is 14.5 Å². The number of piperazine rings is 1. The second-order valence-corrected chi connectivity index (χ2v) is 5.76. The van der Waals surface area contributed by atoms with Gasteiger partial charge in [-0.2, -0.15) is 0 Å². The van der Waals surface area contributed by atoms with E-state index in [0.717, 1.165) is 29.9 Å². The lowest BCUT2D eigenvalue weighted by atomic mass is 10.0. The highest BCUT2D eigenvalue weighted by Gasteiger charge is 2.46. The number of carbonyl (C=O) groups excluding carboxylic acids is 2. The molecule has 1 heterocycles. The van der Waals surface area contributed by atoms with Crippen molar-refractivity contribution in [2.45, 2.75) is 38.8 Å². The summed E-state index contributed by atoms with van der Waals surface area (Å²) in [4.78, 5) is 25.6. The van der Waals surface area contributed by atoms with Crippen LogP contribution in [-0.2, 0) is 9.59 Å². The zero-order valence-electron chi connectivity index (χ0n) is 11.8. The molecule has 1 aromatic carbocycles. The Balaban J connectivity index is 2.03. The van der Waals surface area contributed by atoms with Crippen molar-refractivity contribution in [3.05, 3.63) is 29.3 Å². The van der Waals surface area contributed by atoms with E-state index in [2.05, 4.69) is 5.32 Å². The summed E-state index contributed by atoms with van der Waals surface area (Å²) in [7, 11) is 0. The molecule has 0 radical (unpaired) electrons. The van der Waals surface area contributed by atoms with E-state index < -0.39 is 23.7 Å². The first kappa shape index (κ1) is 14.0. The number of anilines is 1. The van der Waals surface area contributed by atoms with E-state index in [1.54, 1.807) is 0 Å². The third-order valence-electron chi connectivity index (χ3n) is 4.15. The van der Waals surface area contributed by atoms with Crippen LogP contribution in [0.4, 0.5) is 14.5 Å². The molecule has 1 saturated carbocycles. The first-order chi connectivity index (χ1) is 9.90. The Kier molecular flexibility index (Phi) is 3.19. The minimum atomic E-state index is -0.857. The van der Waals surface area contributed by atoms with Gasteiger partial charge in [0.05, 0.1) is 5.69 Å². The second-order valence-electron chi connectivity index (χ2n) is 5.76. The molecule has 2 aliphatic rings. The Bertz CT molecular complexity index is 628. The molecule has 1 aliphatic heterocycles. The van der Waals surface area contributed by atoms with E-state index in [4.69, 9.17) is 0 Å². The van der Waals surface area contributed by atoms with Gasteiger partial charge in [-0.05, 0) is 44.2 Å². The predicted octanol–water partition coefficient (Wildman–Crippen LogP) is 1.90. The molecule has 1 N–H and O–H groups in total. The SMILES string of the molecule is Cc1cc(F)c(N2C(=O)C(C3CC3)NC(=O)C2C)cc1F. The first-order valence-electron chi connectivity index (χ1n) is 6.99. The number of halogens is 2. The number of rotatable bonds is 2. The zero-order valence-corrected chi connectivity index (χ0v) is 11.8. The average Bonchev–Trinajstić information content (AvgIpc) is 3.24. The Labute approximate surface area is 121 Å². The predicted molar refractivity (Wildman–Crippen MR) is 72.7 cm³/mol. The maximum absolute atomic E-state index is 14.1. The van der Waals surface area contributed by atoms with Gasteiger partial charge in [0.1, 0.15) is 23.7 Å². The highest BCUT2D eigenvalue weighted by Crippen LogP contribution is 2.36. The number of benzene rings is 1. The number of carbonyl (C=O) groups is 2. The minimum absolute atomic E-state index is 0.106. The molecular weight excluding hydrogens is 278 g/mol. The van der Waals surface area contributed by atoms with Crippen LogP contribution in [0, 0.1) is 24.5 Å². The molecule has 1 aromatic rings. The molecule has 4 nitrogen and oxygen atoms in total. The van der Waals surface area contributed by atoms with Gasteiger partial charge in [0.25, 0.3) is 5.91 Å². The monoisotopic (exact) mass is 294 g/mol. The summed E-state index contributed by atoms with van der Waals surface area (Å²) in [6.07, 6.45) is 1.73. The summed E-state index contributed by atoms with van der Waals surface area (Å²) < 4.78 is 27.9. The fourth-order valence-electron chi connectivity index (χ4n) is 2.69. The number of hydrogen-bond acceptors (Lipinski definition) is 2. The lowest BCUT2D eigenvalue weighted by Gasteiger charge is -2.37. The van der Waals surface area contributed by atoms with Gasteiger partial charge in [-0.25, -0.2) is 8.78 Å². The molecule has 2 fully saturated rings. The molecule has 112 valence electrons. The van der Waals surface area contributed by atoms with Crippen molar-refractivity contribution < 1.29 is 18.4 Å². The Morgan fingerprint density at radius 3 is 2.48 bits per heavy atom. The first-order valence-corrected chi connectivity index (χ1v) is 6.99. The largest absolute Gasteiger partial charge is 0.342 e. The highest BCUT2D eigenvalue weighted by atomic mass is 19.1. The molecule has 1 aliphatic carbocycles. The van der Waals surface area contributed by atoms with Gasteiger partial charge in [0.15, 0.2) is 0 Å². The molecule has 0 spiro atoms. The molecule has 3 rings (SSSR count). The van der Waals surface area contributed by atoms with Gasteiger partial charge in [0, 0.05) is 6.07 Å². The number of nitrogens with zero attached hydrogens (tertiary/aromatic N) is 1. The minimum Gasteiger partial charge on any atom is -0.342 e. The molecular formula is C15H16F2N2O2. The molecule has 2 atom stereocenters. The topological polar surface area (TPSA) is 49.4 Å². The lowest BCUT2D eigenvalue weighted by molar-refractivity contribution is -0.134. The van der Waals surface area contributed by atoms with Crippen LogP contribution in [0.5, 0.6) is 0 Å². The van der Waals surface area contributed by atoms with Crippen LogP contribution < -0.4 is 10.2 Å². The van der Waals surface area contributed by atoms with E-state index in [0.29, 0.717) is 0 Å². The van der Waals surface area contributed by atoms with Gasteiger partial charge in [0.2, 0.25) is 5.91 Å². The van der Waals surface area contributed by atoms with Crippen molar-refractivity contribution in [1.29, 1.82) is 0 Å². The maximum atomic E-state index is 14.1. The van der Waals surface area contributed by atoms with Crippen LogP contribution in [0.1, 0.15) is 25.3 Å². The van der Waals surface area contributed by atoms with Crippen LogP contribution in [0.15, 0.2) is 12.1 Å². The fraction of sp³-hybridized carbons (Fsp3) is 0.467. The van der Waals surface area contributed by atoms with Crippen LogP contribution in [0.3, 0.4) is 0 Å². The standard InChI is InChI=1S/C15H16F2N2O2/c1-7-5-11(17)12(6-10(7)16)19-8(2)14(20)18-13(15(19)21)9-3-4-9/h5-6,8-9,13H,3-4H2,1-2H3,(H,18,20). The summed E-state index contributed by atoms with van der Waals surface area (Å²) in [5.74, 6) is -1.90. The Morgan fingerprint density at radius 2 is 1.86 bits per heavy atom. The summed E-state index contributed by atoms with van der Waals surface area (Å²) >= 11 is 0. The molecule has 0 bridgehead atoms. The number of amides is 2. The second kappa shape index (κ2) is 4.79. The van der Waals surface area contributed by atoms with Crippen molar-refractivity contribution in [1.82, 2.24) is 5.32 Å². The summed E-state index contributed by atoms with van der Waals surface area (Å²) in [6.45, 7) is 2.96. The Hall–Kier alpha value is -1.98. The van der Waals surface area contributed by atoms with Crippen molar-refractivity contribution in [2.75, 3.05) is 4.90 Å². The van der Waals surface area contributed by atoms with Crippen LogP contribution in [0.2, 0.25) is 0 Å². The van der Waals surface area contributed by atoms with Gasteiger partial charge in [-0.15, -0.1) is 0 Å². The van der Waals surface area contributed by atoms with Crippen molar-refractivity contribution in [3.63, 3.8) is 0 Å². The normalized spacial score (nSPS) is 26.0. The number of nitrogens with one attached hydrogen (secondary N) is 1. The summed E-state index contributed by atoms with van der Waals surface area (Å²) in [5.41, 5.74) is -0.00680. The van der Waals surface area contributed by atoms with E-state index in [9.17, 15) is 18.4 Å². The molecule has 1 saturated heterocycles. The van der Waals surface area contributed by atoms with Crippen molar-refractivity contribution in [2.24, 2.45) is 5.92 Å². The van der Waals surface area contributed by atoms with E-state index >= 15 is 0 Å². The van der Waals surface area contributed by atoms with Crippen molar-refractivity contribution in [3.8, 4) is 0 Å². The van der Waals surface area contributed by atoms with Gasteiger partial charge < -0.3 is 5.32 Å². The number of aryl methyl sites for hydroxylation is 1. The van der Waals surface area contributed by atoms with Gasteiger partial charge >= 0.3 is 0 Å².